The summed E-state index contributed by atoms with van der Waals surface area (Å²) < 4.78 is 15.4. The van der Waals surface area contributed by atoms with Crippen LogP contribution in [0.15, 0.2) is 42.7 Å². The zero-order valence-corrected chi connectivity index (χ0v) is 15.4. The third kappa shape index (κ3) is 2.87. The highest BCUT2D eigenvalue weighted by molar-refractivity contribution is 5.77. The highest BCUT2D eigenvalue weighted by atomic mass is 19.1. The maximum Gasteiger partial charge on any atom is 0.244 e. The smallest absolute Gasteiger partial charge is 0.244 e. The second-order valence-corrected chi connectivity index (χ2v) is 8.13. The van der Waals surface area contributed by atoms with Crippen molar-refractivity contribution in [2.75, 3.05) is 18.0 Å². The molecule has 5 nitrogen and oxygen atoms in total. The predicted octanol–water partition coefficient (Wildman–Crippen LogP) is 3.07. The van der Waals surface area contributed by atoms with Gasteiger partial charge in [0.2, 0.25) is 5.91 Å². The van der Waals surface area contributed by atoms with Gasteiger partial charge >= 0.3 is 0 Å². The van der Waals surface area contributed by atoms with Crippen LogP contribution >= 0.6 is 0 Å². The Labute approximate surface area is 153 Å². The lowest BCUT2D eigenvalue weighted by molar-refractivity contribution is -0.135. The lowest BCUT2D eigenvalue weighted by atomic mass is 9.87. The van der Waals surface area contributed by atoms with Gasteiger partial charge < -0.3 is 9.80 Å². The molecule has 2 aliphatic heterocycles. The number of likely N-dealkylation sites (tertiary alicyclic amines) is 1. The summed E-state index contributed by atoms with van der Waals surface area (Å²) >= 11 is 0. The average molecular weight is 356 g/mol. The van der Waals surface area contributed by atoms with E-state index in [1.54, 1.807) is 23.0 Å². The van der Waals surface area contributed by atoms with Gasteiger partial charge in [-0.2, -0.15) is 5.10 Å². The fraction of sp³-hybridized carbons (Fsp3) is 0.500. The van der Waals surface area contributed by atoms with Crippen LogP contribution in [0.1, 0.15) is 33.1 Å². The van der Waals surface area contributed by atoms with Crippen LogP contribution in [-0.4, -0.2) is 44.8 Å². The Kier molecular flexibility index (Phi) is 4.01. The third-order valence-electron chi connectivity index (χ3n) is 5.82. The van der Waals surface area contributed by atoms with E-state index in [1.165, 1.54) is 6.07 Å². The van der Waals surface area contributed by atoms with Crippen LogP contribution < -0.4 is 4.90 Å². The summed E-state index contributed by atoms with van der Waals surface area (Å²) in [6.07, 6.45) is 6.40. The molecular weight excluding hydrogens is 331 g/mol. The van der Waals surface area contributed by atoms with Gasteiger partial charge in [0.1, 0.15) is 12.4 Å². The molecule has 26 heavy (non-hydrogen) atoms. The molecule has 0 radical (unpaired) electrons. The van der Waals surface area contributed by atoms with Crippen molar-refractivity contribution in [3.8, 4) is 0 Å². The zero-order chi connectivity index (χ0) is 18.4. The summed E-state index contributed by atoms with van der Waals surface area (Å²) in [6.45, 7) is 6.17. The number of rotatable bonds is 3. The van der Waals surface area contributed by atoms with E-state index in [1.807, 2.05) is 18.3 Å². The molecular formula is C20H25FN4O. The van der Waals surface area contributed by atoms with E-state index in [0.29, 0.717) is 0 Å². The minimum atomic E-state index is -0.225. The molecule has 3 heterocycles. The van der Waals surface area contributed by atoms with Crippen molar-refractivity contribution in [3.05, 3.63) is 48.5 Å². The van der Waals surface area contributed by atoms with E-state index in [4.69, 9.17) is 0 Å². The molecule has 0 N–H and O–H groups in total. The van der Waals surface area contributed by atoms with Gasteiger partial charge in [-0.3, -0.25) is 9.48 Å². The Morgan fingerprint density at radius 2 is 2.15 bits per heavy atom. The molecule has 1 aromatic carbocycles. The summed E-state index contributed by atoms with van der Waals surface area (Å²) in [6, 6.07) is 8.59. The first kappa shape index (κ1) is 17.1. The minimum absolute atomic E-state index is 0.114. The number of anilines is 1. The fourth-order valence-corrected chi connectivity index (χ4v) is 4.84. The maximum atomic E-state index is 13.8. The van der Waals surface area contributed by atoms with E-state index in [2.05, 4.69) is 28.7 Å². The van der Waals surface area contributed by atoms with Crippen LogP contribution in [0.2, 0.25) is 0 Å². The normalized spacial score (nSPS) is 24.6. The van der Waals surface area contributed by atoms with Gasteiger partial charge in [-0.25, -0.2) is 4.39 Å². The number of halogens is 1. The Hall–Kier alpha value is -2.37. The quantitative estimate of drug-likeness (QED) is 0.849. The number of carbonyl (C=O) groups is 1. The van der Waals surface area contributed by atoms with Crippen molar-refractivity contribution >= 4 is 11.6 Å². The van der Waals surface area contributed by atoms with Crippen molar-refractivity contribution in [3.63, 3.8) is 0 Å². The van der Waals surface area contributed by atoms with E-state index in [0.717, 1.165) is 38.0 Å². The number of aromatic nitrogens is 2. The van der Waals surface area contributed by atoms with Crippen LogP contribution in [-0.2, 0) is 11.3 Å². The molecule has 0 saturated carbocycles. The molecule has 0 aliphatic carbocycles. The number of nitrogens with zero attached hydrogens (tertiary/aromatic N) is 4. The molecule has 2 aromatic rings. The van der Waals surface area contributed by atoms with Gasteiger partial charge in [0.25, 0.3) is 0 Å². The summed E-state index contributed by atoms with van der Waals surface area (Å²) in [4.78, 5) is 17.3. The molecule has 0 bridgehead atoms. The van der Waals surface area contributed by atoms with Crippen molar-refractivity contribution in [2.24, 2.45) is 0 Å². The Morgan fingerprint density at radius 3 is 2.88 bits per heavy atom. The Bertz CT molecular complexity index is 804. The van der Waals surface area contributed by atoms with E-state index >= 15 is 0 Å². The Balaban J connectivity index is 1.60. The first-order valence-corrected chi connectivity index (χ1v) is 9.21. The summed E-state index contributed by atoms with van der Waals surface area (Å²) in [5.74, 6) is -0.111. The molecule has 1 unspecified atom stereocenters. The summed E-state index contributed by atoms with van der Waals surface area (Å²) in [7, 11) is 0. The first-order chi connectivity index (χ1) is 12.4. The number of carbonyl (C=O) groups excluding carboxylic acids is 1. The molecule has 2 fully saturated rings. The second-order valence-electron chi connectivity index (χ2n) is 8.13. The van der Waals surface area contributed by atoms with Crippen molar-refractivity contribution < 1.29 is 9.18 Å². The Morgan fingerprint density at radius 1 is 1.31 bits per heavy atom. The fourth-order valence-electron chi connectivity index (χ4n) is 4.84. The van der Waals surface area contributed by atoms with Gasteiger partial charge in [-0.1, -0.05) is 6.07 Å². The van der Waals surface area contributed by atoms with E-state index < -0.39 is 0 Å². The van der Waals surface area contributed by atoms with Crippen molar-refractivity contribution in [1.82, 2.24) is 14.7 Å². The minimum Gasteiger partial charge on any atom is -0.364 e. The molecule has 1 aromatic heterocycles. The monoisotopic (exact) mass is 356 g/mol. The van der Waals surface area contributed by atoms with E-state index in [9.17, 15) is 9.18 Å². The number of hydrogen-bond donors (Lipinski definition) is 0. The molecule has 138 valence electrons. The average Bonchev–Trinajstić information content (AvgIpc) is 3.27. The van der Waals surface area contributed by atoms with Crippen LogP contribution in [0, 0.1) is 5.82 Å². The lowest BCUT2D eigenvalue weighted by Crippen LogP contribution is -2.50. The van der Waals surface area contributed by atoms with Gasteiger partial charge in [0, 0.05) is 36.7 Å². The standard InChI is InChI=1S/C20H25FN4O/c1-19(2)14-20(15-25(19)17-7-3-6-16(21)12-17)8-4-11-24(20)18(26)13-23-10-5-9-22-23/h3,5-7,9-10,12H,4,8,11,13-15H2,1-2H3. The van der Waals surface area contributed by atoms with Gasteiger partial charge in [0.05, 0.1) is 5.54 Å². The van der Waals surface area contributed by atoms with Crippen molar-refractivity contribution in [2.45, 2.75) is 50.7 Å². The number of benzene rings is 1. The largest absolute Gasteiger partial charge is 0.364 e. The summed E-state index contributed by atoms with van der Waals surface area (Å²) in [5.41, 5.74) is 0.570. The zero-order valence-electron chi connectivity index (χ0n) is 15.4. The highest BCUT2D eigenvalue weighted by Gasteiger charge is 2.54. The van der Waals surface area contributed by atoms with E-state index in [-0.39, 0.29) is 29.3 Å². The van der Waals surface area contributed by atoms with Gasteiger partial charge in [-0.15, -0.1) is 0 Å². The van der Waals surface area contributed by atoms with Crippen LogP contribution in [0.4, 0.5) is 10.1 Å². The molecule has 2 saturated heterocycles. The van der Waals surface area contributed by atoms with Crippen molar-refractivity contribution in [1.29, 1.82) is 0 Å². The third-order valence-corrected chi connectivity index (χ3v) is 5.82. The van der Waals surface area contributed by atoms with Crippen LogP contribution in [0.5, 0.6) is 0 Å². The van der Waals surface area contributed by atoms with Gasteiger partial charge in [0.15, 0.2) is 0 Å². The maximum absolute atomic E-state index is 13.8. The topological polar surface area (TPSA) is 41.4 Å². The first-order valence-electron chi connectivity index (χ1n) is 9.21. The molecule has 2 aliphatic rings. The summed E-state index contributed by atoms with van der Waals surface area (Å²) in [5, 5.41) is 4.16. The molecule has 6 heteroatoms. The highest BCUT2D eigenvalue weighted by Crippen LogP contribution is 2.47. The number of amides is 1. The van der Waals surface area contributed by atoms with Crippen LogP contribution in [0.25, 0.3) is 0 Å². The molecule has 1 amide bonds. The van der Waals surface area contributed by atoms with Gasteiger partial charge in [-0.05, 0) is 57.4 Å². The lowest BCUT2D eigenvalue weighted by Gasteiger charge is -2.35. The molecule has 4 rings (SSSR count). The molecule has 1 atom stereocenters. The SMILES string of the molecule is CC1(C)CC2(CCCN2C(=O)Cn2cccn2)CN1c1cccc(F)c1. The molecule has 1 spiro atoms. The number of hydrogen-bond acceptors (Lipinski definition) is 3. The predicted molar refractivity (Wildman–Crippen MR) is 98.3 cm³/mol. The van der Waals surface area contributed by atoms with Crippen LogP contribution in [0.3, 0.4) is 0 Å². The second kappa shape index (κ2) is 6.11.